The Hall–Kier alpha value is -2.97. The number of fused-ring (bicyclic) bond motifs is 1. The average molecular weight is 463 g/mol. The van der Waals surface area contributed by atoms with Crippen molar-refractivity contribution >= 4 is 45.7 Å². The first kappa shape index (κ1) is 22.7. The van der Waals surface area contributed by atoms with Crippen LogP contribution in [0.4, 0.5) is 5.69 Å². The first-order chi connectivity index (χ1) is 14.8. The Morgan fingerprint density at radius 2 is 2.03 bits per heavy atom. The van der Waals surface area contributed by atoms with Gasteiger partial charge < -0.3 is 5.32 Å². The molecule has 1 N–H and O–H groups in total. The molecule has 0 fully saturated rings. The molecular weight excluding hydrogens is 443 g/mol. The van der Waals surface area contributed by atoms with E-state index < -0.39 is 10.5 Å². The fourth-order valence-corrected chi connectivity index (χ4v) is 3.93. The lowest BCUT2D eigenvalue weighted by molar-refractivity contribution is -0.384. The van der Waals surface area contributed by atoms with Crippen LogP contribution in [0.1, 0.15) is 31.2 Å². The second-order valence-electron chi connectivity index (χ2n) is 7.09. The number of halogens is 2. The van der Waals surface area contributed by atoms with E-state index in [9.17, 15) is 19.7 Å². The topological polar surface area (TPSA) is 107 Å². The van der Waals surface area contributed by atoms with Crippen molar-refractivity contribution in [3.8, 4) is 0 Å². The van der Waals surface area contributed by atoms with Crippen LogP contribution in [-0.2, 0) is 11.3 Å². The third kappa shape index (κ3) is 5.39. The van der Waals surface area contributed by atoms with Gasteiger partial charge in [-0.2, -0.15) is 0 Å². The molecule has 0 radical (unpaired) electrons. The van der Waals surface area contributed by atoms with Crippen molar-refractivity contribution in [3.63, 3.8) is 0 Å². The number of nitrogens with zero attached hydrogens (tertiary/aromatic N) is 3. The van der Waals surface area contributed by atoms with Crippen LogP contribution in [0.5, 0.6) is 0 Å². The molecule has 0 aliphatic rings. The highest BCUT2D eigenvalue weighted by molar-refractivity contribution is 6.35. The quantitative estimate of drug-likeness (QED) is 0.396. The zero-order valence-electron chi connectivity index (χ0n) is 16.7. The van der Waals surface area contributed by atoms with Crippen molar-refractivity contribution in [3.05, 3.63) is 78.8 Å². The van der Waals surface area contributed by atoms with Crippen molar-refractivity contribution in [2.45, 2.75) is 32.2 Å². The molecule has 0 saturated heterocycles. The van der Waals surface area contributed by atoms with E-state index in [2.05, 4.69) is 10.3 Å². The highest BCUT2D eigenvalue weighted by Crippen LogP contribution is 2.30. The molecule has 0 aliphatic heterocycles. The summed E-state index contributed by atoms with van der Waals surface area (Å²) in [7, 11) is 0. The molecule has 31 heavy (non-hydrogen) atoms. The number of non-ortho nitro benzene ring substituents is 1. The van der Waals surface area contributed by atoms with Gasteiger partial charge in [-0.1, -0.05) is 42.6 Å². The first-order valence-corrected chi connectivity index (χ1v) is 10.4. The number of nitro benzene ring substituents is 1. The average Bonchev–Trinajstić information content (AvgIpc) is 2.73. The highest BCUT2D eigenvalue weighted by Gasteiger charge is 2.17. The van der Waals surface area contributed by atoms with Crippen LogP contribution in [0.2, 0.25) is 10.0 Å². The number of hydrogen-bond donors (Lipinski definition) is 1. The maximum atomic E-state index is 12.7. The SMILES string of the molecule is CCC[C@H](CNC(=O)Cn1cnc2ccc([N+](=O)[O-])cc2c1=O)c1ccc(Cl)cc1Cl. The summed E-state index contributed by atoms with van der Waals surface area (Å²) in [5.41, 5.74) is 0.489. The standard InChI is InChI=1S/C21H20Cl2N4O4/c1-2-3-13(16-6-4-14(22)8-18(16)23)10-24-20(28)11-26-12-25-19-7-5-15(27(30)31)9-17(19)21(26)29/h4-9,12-13H,2-3,10-11H2,1H3,(H,24,28)/t13-/m1/s1. The summed E-state index contributed by atoms with van der Waals surface area (Å²) in [4.78, 5) is 39.7. The summed E-state index contributed by atoms with van der Waals surface area (Å²) in [6.07, 6.45) is 2.96. The molecule has 10 heteroatoms. The largest absolute Gasteiger partial charge is 0.354 e. The van der Waals surface area contributed by atoms with Gasteiger partial charge in [0.1, 0.15) is 6.54 Å². The second kappa shape index (κ2) is 9.89. The van der Waals surface area contributed by atoms with Gasteiger partial charge in [0.05, 0.1) is 22.2 Å². The molecule has 1 amide bonds. The summed E-state index contributed by atoms with van der Waals surface area (Å²) in [5, 5.41) is 15.0. The monoisotopic (exact) mass is 462 g/mol. The lowest BCUT2D eigenvalue weighted by Gasteiger charge is -2.19. The highest BCUT2D eigenvalue weighted by atomic mass is 35.5. The van der Waals surface area contributed by atoms with Crippen LogP contribution < -0.4 is 10.9 Å². The van der Waals surface area contributed by atoms with Gasteiger partial charge in [0.15, 0.2) is 0 Å². The number of rotatable bonds is 8. The number of nitro groups is 1. The van der Waals surface area contributed by atoms with Crippen LogP contribution in [0.25, 0.3) is 10.9 Å². The third-order valence-corrected chi connectivity index (χ3v) is 5.48. The lowest BCUT2D eigenvalue weighted by Crippen LogP contribution is -2.34. The van der Waals surface area contributed by atoms with Crippen molar-refractivity contribution < 1.29 is 9.72 Å². The van der Waals surface area contributed by atoms with E-state index >= 15 is 0 Å². The number of carbonyl (C=O) groups is 1. The fourth-order valence-electron chi connectivity index (χ4n) is 3.37. The lowest BCUT2D eigenvalue weighted by atomic mass is 9.94. The number of aromatic nitrogens is 2. The molecule has 0 bridgehead atoms. The number of benzene rings is 2. The first-order valence-electron chi connectivity index (χ1n) is 9.65. The van der Waals surface area contributed by atoms with Gasteiger partial charge in [0.25, 0.3) is 11.2 Å². The van der Waals surface area contributed by atoms with E-state index in [4.69, 9.17) is 23.2 Å². The Kier molecular flexibility index (Phi) is 7.25. The van der Waals surface area contributed by atoms with Gasteiger partial charge in [-0.05, 0) is 30.2 Å². The summed E-state index contributed by atoms with van der Waals surface area (Å²) >= 11 is 12.3. The molecule has 0 saturated carbocycles. The maximum Gasteiger partial charge on any atom is 0.270 e. The molecule has 0 aliphatic carbocycles. The molecule has 1 heterocycles. The van der Waals surface area contributed by atoms with Crippen molar-refractivity contribution in [1.82, 2.24) is 14.9 Å². The molecule has 1 aromatic heterocycles. The number of hydrogen-bond acceptors (Lipinski definition) is 5. The zero-order valence-corrected chi connectivity index (χ0v) is 18.2. The van der Waals surface area contributed by atoms with Crippen LogP contribution in [0.3, 0.4) is 0 Å². The van der Waals surface area contributed by atoms with Crippen LogP contribution in [-0.4, -0.2) is 26.9 Å². The number of nitrogens with one attached hydrogen (secondary N) is 1. The molecule has 2 aromatic carbocycles. The minimum Gasteiger partial charge on any atom is -0.354 e. The van der Waals surface area contributed by atoms with E-state index in [0.29, 0.717) is 22.1 Å². The fraction of sp³-hybridized carbons (Fsp3) is 0.286. The smallest absolute Gasteiger partial charge is 0.270 e. The van der Waals surface area contributed by atoms with E-state index in [-0.39, 0.29) is 29.4 Å². The number of amides is 1. The molecule has 8 nitrogen and oxygen atoms in total. The Balaban J connectivity index is 1.75. The van der Waals surface area contributed by atoms with Crippen molar-refractivity contribution in [2.24, 2.45) is 0 Å². The van der Waals surface area contributed by atoms with E-state index in [1.54, 1.807) is 12.1 Å². The van der Waals surface area contributed by atoms with Crippen LogP contribution in [0, 0.1) is 10.1 Å². The summed E-state index contributed by atoms with van der Waals surface area (Å²) in [5.74, 6) is -0.382. The molecule has 3 aromatic rings. The van der Waals surface area contributed by atoms with E-state index in [1.165, 1.54) is 24.5 Å². The molecular formula is C21H20Cl2N4O4. The van der Waals surface area contributed by atoms with Gasteiger partial charge in [0.2, 0.25) is 5.91 Å². The third-order valence-electron chi connectivity index (χ3n) is 4.92. The molecule has 0 spiro atoms. The van der Waals surface area contributed by atoms with Crippen molar-refractivity contribution in [1.29, 1.82) is 0 Å². The molecule has 0 unspecified atom stereocenters. The van der Waals surface area contributed by atoms with Crippen molar-refractivity contribution in [2.75, 3.05) is 6.54 Å². The normalized spacial score (nSPS) is 12.0. The minimum atomic E-state index is -0.585. The Morgan fingerprint density at radius 3 is 2.71 bits per heavy atom. The maximum absolute atomic E-state index is 12.7. The van der Waals surface area contributed by atoms with E-state index in [0.717, 1.165) is 23.0 Å². The summed E-state index contributed by atoms with van der Waals surface area (Å²) < 4.78 is 1.13. The summed E-state index contributed by atoms with van der Waals surface area (Å²) in [6.45, 7) is 2.13. The van der Waals surface area contributed by atoms with Crippen LogP contribution in [0.15, 0.2) is 47.5 Å². The Labute approximate surface area is 188 Å². The predicted octanol–water partition coefficient (Wildman–Crippen LogP) is 4.31. The zero-order chi connectivity index (χ0) is 22.5. The predicted molar refractivity (Wildman–Crippen MR) is 120 cm³/mol. The molecule has 162 valence electrons. The van der Waals surface area contributed by atoms with Gasteiger partial charge in [0, 0.05) is 34.6 Å². The Bertz CT molecular complexity index is 1200. The van der Waals surface area contributed by atoms with Gasteiger partial charge in [-0.3, -0.25) is 24.3 Å². The minimum absolute atomic E-state index is 0.00665. The molecule has 1 atom stereocenters. The van der Waals surface area contributed by atoms with E-state index in [1.807, 2.05) is 13.0 Å². The molecule has 3 rings (SSSR count). The van der Waals surface area contributed by atoms with Crippen LogP contribution >= 0.6 is 23.2 Å². The Morgan fingerprint density at radius 1 is 1.26 bits per heavy atom. The van der Waals surface area contributed by atoms with Gasteiger partial charge in [-0.15, -0.1) is 0 Å². The number of carbonyl (C=O) groups excluding carboxylic acids is 1. The second-order valence-corrected chi connectivity index (χ2v) is 7.94. The summed E-state index contributed by atoms with van der Waals surface area (Å²) in [6, 6.07) is 9.13. The van der Waals surface area contributed by atoms with Gasteiger partial charge in [-0.25, -0.2) is 4.98 Å². The van der Waals surface area contributed by atoms with Gasteiger partial charge >= 0.3 is 0 Å².